The number of rotatable bonds is 4. The summed E-state index contributed by atoms with van der Waals surface area (Å²) in [5, 5.41) is 0. The first-order valence-corrected chi connectivity index (χ1v) is 12.3. The Morgan fingerprint density at radius 2 is 1.90 bits per heavy atom. The second kappa shape index (κ2) is 7.43. The molecule has 1 saturated heterocycles. The minimum Gasteiger partial charge on any atom is -0.485 e. The molecule has 2 aliphatic rings. The van der Waals surface area contributed by atoms with Gasteiger partial charge in [-0.2, -0.15) is 0 Å². The summed E-state index contributed by atoms with van der Waals surface area (Å²) in [7, 11) is -3.49. The van der Waals surface area contributed by atoms with Crippen LogP contribution in [0.2, 0.25) is 0 Å². The van der Waals surface area contributed by atoms with Gasteiger partial charge >= 0.3 is 0 Å². The molecule has 2 aliphatic heterocycles. The third-order valence-corrected chi connectivity index (χ3v) is 8.39. The summed E-state index contributed by atoms with van der Waals surface area (Å²) >= 11 is 0. The van der Waals surface area contributed by atoms with E-state index in [1.165, 1.54) is 6.26 Å². The minimum absolute atomic E-state index is 0.0537. The van der Waals surface area contributed by atoms with Gasteiger partial charge in [0, 0.05) is 18.4 Å². The second-order valence-corrected chi connectivity index (χ2v) is 11.8. The van der Waals surface area contributed by atoms with Crippen LogP contribution >= 0.6 is 0 Å². The van der Waals surface area contributed by atoms with E-state index in [4.69, 9.17) is 25.2 Å². The molecule has 0 unspecified atom stereocenters. The Hall–Kier alpha value is -2.23. The van der Waals surface area contributed by atoms with Gasteiger partial charge < -0.3 is 20.1 Å². The lowest BCUT2D eigenvalue weighted by Crippen LogP contribution is -2.64. The first-order valence-electron chi connectivity index (χ1n) is 10.4. The molecule has 0 aliphatic carbocycles. The number of aromatic nitrogens is 2. The van der Waals surface area contributed by atoms with Gasteiger partial charge in [-0.25, -0.2) is 18.4 Å². The maximum atomic E-state index is 12.7. The normalized spacial score (nSPS) is 23.7. The fraction of sp³-hybridized carbons (Fsp3) is 0.545. The van der Waals surface area contributed by atoms with Gasteiger partial charge in [-0.15, -0.1) is 0 Å². The minimum atomic E-state index is -3.49. The highest BCUT2D eigenvalue weighted by Gasteiger charge is 2.48. The molecule has 8 nitrogen and oxygen atoms in total. The van der Waals surface area contributed by atoms with Gasteiger partial charge in [-0.3, -0.25) is 0 Å². The van der Waals surface area contributed by atoms with E-state index in [1.54, 1.807) is 13.8 Å². The van der Waals surface area contributed by atoms with Crippen LogP contribution in [0.3, 0.4) is 0 Å². The SMILES string of the molecule is C[C@@H]1COC[C@@]2(C)COc3c(nc(-c4ccc(CN)cc4)nc3C(C)(C)S(C)(=O)=O)N12. The predicted molar refractivity (Wildman–Crippen MR) is 120 cm³/mol. The zero-order chi connectivity index (χ0) is 22.6. The third-order valence-electron chi connectivity index (χ3n) is 6.34. The van der Waals surface area contributed by atoms with Crippen molar-refractivity contribution in [1.29, 1.82) is 0 Å². The van der Waals surface area contributed by atoms with E-state index in [0.717, 1.165) is 11.1 Å². The van der Waals surface area contributed by atoms with E-state index in [1.807, 2.05) is 24.3 Å². The van der Waals surface area contributed by atoms with Crippen LogP contribution in [-0.2, 0) is 25.9 Å². The highest BCUT2D eigenvalue weighted by atomic mass is 32.2. The number of fused-ring (bicyclic) bond motifs is 3. The van der Waals surface area contributed by atoms with Crippen molar-refractivity contribution in [3.05, 3.63) is 35.5 Å². The maximum Gasteiger partial charge on any atom is 0.185 e. The molecule has 0 spiro atoms. The second-order valence-electron chi connectivity index (χ2n) is 9.25. The molecule has 2 N–H and O–H groups in total. The summed E-state index contributed by atoms with van der Waals surface area (Å²) in [6.07, 6.45) is 1.22. The Morgan fingerprint density at radius 1 is 1.23 bits per heavy atom. The van der Waals surface area contributed by atoms with E-state index >= 15 is 0 Å². The van der Waals surface area contributed by atoms with E-state index in [0.29, 0.717) is 49.5 Å². The van der Waals surface area contributed by atoms with Crippen LogP contribution in [0.5, 0.6) is 5.75 Å². The van der Waals surface area contributed by atoms with Gasteiger partial charge in [0.05, 0.1) is 24.8 Å². The Morgan fingerprint density at radius 3 is 2.52 bits per heavy atom. The number of morpholine rings is 1. The van der Waals surface area contributed by atoms with Crippen molar-refractivity contribution in [2.75, 3.05) is 31.0 Å². The molecule has 0 amide bonds. The lowest BCUT2D eigenvalue weighted by atomic mass is 9.95. The summed E-state index contributed by atoms with van der Waals surface area (Å²) in [4.78, 5) is 11.8. The molecule has 0 saturated carbocycles. The highest BCUT2D eigenvalue weighted by Crippen LogP contribution is 2.46. The van der Waals surface area contributed by atoms with Crippen LogP contribution in [0.15, 0.2) is 24.3 Å². The van der Waals surface area contributed by atoms with Gasteiger partial charge in [-0.05, 0) is 33.3 Å². The fourth-order valence-electron chi connectivity index (χ4n) is 4.17. The molecular weight excluding hydrogens is 416 g/mol. The molecule has 0 bridgehead atoms. The molecule has 0 radical (unpaired) electrons. The number of benzene rings is 1. The van der Waals surface area contributed by atoms with Crippen molar-refractivity contribution in [3.8, 4) is 17.1 Å². The van der Waals surface area contributed by atoms with Gasteiger partial charge in [0.15, 0.2) is 27.2 Å². The van der Waals surface area contributed by atoms with Crippen molar-refractivity contribution in [3.63, 3.8) is 0 Å². The molecular formula is C22H30N4O4S. The van der Waals surface area contributed by atoms with E-state index in [2.05, 4.69) is 18.7 Å². The summed E-state index contributed by atoms with van der Waals surface area (Å²) in [6, 6.07) is 7.73. The number of hydrogen-bond acceptors (Lipinski definition) is 8. The standard InChI is InChI=1S/C22H30N4O4S/c1-14-11-29-12-22(4)13-30-17-18(21(2,3)31(5,27)28)24-19(25-20(17)26(14)22)16-8-6-15(10-23)7-9-16/h6-9,14H,10-13,23H2,1-5H3/t14-,22+/m1/s1. The van der Waals surface area contributed by atoms with Crippen LogP contribution < -0.4 is 15.4 Å². The quantitative estimate of drug-likeness (QED) is 0.762. The monoisotopic (exact) mass is 446 g/mol. The van der Waals surface area contributed by atoms with Gasteiger partial charge in [0.1, 0.15) is 17.0 Å². The molecule has 168 valence electrons. The van der Waals surface area contributed by atoms with Crippen molar-refractivity contribution < 1.29 is 17.9 Å². The molecule has 9 heteroatoms. The largest absolute Gasteiger partial charge is 0.485 e. The van der Waals surface area contributed by atoms with Crippen LogP contribution in [-0.4, -0.2) is 56.0 Å². The van der Waals surface area contributed by atoms with Crippen LogP contribution in [0.1, 0.15) is 39.0 Å². The molecule has 1 fully saturated rings. The van der Waals surface area contributed by atoms with Crippen molar-refractivity contribution in [2.45, 2.75) is 50.6 Å². The molecule has 4 rings (SSSR count). The number of ether oxygens (including phenoxy) is 2. The average Bonchev–Trinajstić information content (AvgIpc) is 2.71. The smallest absolute Gasteiger partial charge is 0.185 e. The number of anilines is 1. The first-order chi connectivity index (χ1) is 14.5. The van der Waals surface area contributed by atoms with Crippen LogP contribution in [0.4, 0.5) is 5.82 Å². The Bertz CT molecular complexity index is 1100. The zero-order valence-corrected chi connectivity index (χ0v) is 19.5. The molecule has 1 aromatic heterocycles. The summed E-state index contributed by atoms with van der Waals surface area (Å²) in [5.74, 6) is 1.51. The first kappa shape index (κ1) is 22.0. The molecule has 1 aromatic carbocycles. The van der Waals surface area contributed by atoms with E-state index in [9.17, 15) is 8.42 Å². The van der Waals surface area contributed by atoms with E-state index in [-0.39, 0.29) is 6.04 Å². The molecule has 31 heavy (non-hydrogen) atoms. The summed E-state index contributed by atoms with van der Waals surface area (Å²) < 4.78 is 36.1. The van der Waals surface area contributed by atoms with E-state index < -0.39 is 20.1 Å². The van der Waals surface area contributed by atoms with Gasteiger partial charge in [-0.1, -0.05) is 24.3 Å². The molecule has 2 atom stereocenters. The Kier molecular flexibility index (Phi) is 5.27. The fourth-order valence-corrected chi connectivity index (χ4v) is 4.66. The molecule has 2 aromatic rings. The summed E-state index contributed by atoms with van der Waals surface area (Å²) in [5.41, 5.74) is 7.49. The topological polar surface area (TPSA) is 108 Å². The average molecular weight is 447 g/mol. The maximum absolute atomic E-state index is 12.7. The van der Waals surface area contributed by atoms with Crippen molar-refractivity contribution >= 4 is 15.7 Å². The number of nitrogens with zero attached hydrogens (tertiary/aromatic N) is 3. The van der Waals surface area contributed by atoms with Crippen LogP contribution in [0.25, 0.3) is 11.4 Å². The zero-order valence-electron chi connectivity index (χ0n) is 18.7. The van der Waals surface area contributed by atoms with Crippen molar-refractivity contribution in [2.24, 2.45) is 5.73 Å². The highest BCUT2D eigenvalue weighted by molar-refractivity contribution is 7.91. The lowest BCUT2D eigenvalue weighted by molar-refractivity contribution is 0.00705. The van der Waals surface area contributed by atoms with Crippen molar-refractivity contribution in [1.82, 2.24) is 9.97 Å². The number of hydrogen-bond donors (Lipinski definition) is 1. The molecule has 3 heterocycles. The lowest BCUT2D eigenvalue weighted by Gasteiger charge is -2.52. The van der Waals surface area contributed by atoms with Gasteiger partial charge in [0.2, 0.25) is 0 Å². The summed E-state index contributed by atoms with van der Waals surface area (Å²) in [6.45, 7) is 9.34. The number of nitrogens with two attached hydrogens (primary N) is 1. The van der Waals surface area contributed by atoms with Crippen LogP contribution in [0, 0.1) is 0 Å². The number of sulfone groups is 1. The third kappa shape index (κ3) is 3.58. The Labute approximate surface area is 183 Å². The Balaban J connectivity index is 1.98. The van der Waals surface area contributed by atoms with Gasteiger partial charge in [0.25, 0.3) is 0 Å². The predicted octanol–water partition coefficient (Wildman–Crippen LogP) is 2.26.